The zero-order valence-corrected chi connectivity index (χ0v) is 56.2. The molecule has 3 fully saturated rings. The molecular formula is C72H114N6O12. The van der Waals surface area contributed by atoms with Gasteiger partial charge < -0.3 is 59.8 Å². The average Bonchev–Trinajstić information content (AvgIpc) is 0.742. The fourth-order valence-electron chi connectivity index (χ4n) is 13.2. The highest BCUT2D eigenvalue weighted by Crippen LogP contribution is 2.48. The maximum atomic E-state index is 12.9. The Hall–Kier alpha value is -5.37. The molecule has 6 heterocycles. The first-order valence-corrected chi connectivity index (χ1v) is 32.3. The van der Waals surface area contributed by atoms with E-state index in [1.54, 1.807) is 0 Å². The molecule has 9 unspecified atom stereocenters. The van der Waals surface area contributed by atoms with E-state index in [4.69, 9.17) is 76.3 Å². The first-order valence-electron chi connectivity index (χ1n) is 39.8. The molecule has 0 aromatic heterocycles. The Balaban J connectivity index is 0.000000220. The molecule has 0 aliphatic carbocycles. The summed E-state index contributed by atoms with van der Waals surface area (Å²) in [6.45, 7) is 26.8. The first-order chi connectivity index (χ1) is 48.6. The second kappa shape index (κ2) is 32.5. The molecule has 12 atom stereocenters. The van der Waals surface area contributed by atoms with Crippen LogP contribution in [-0.4, -0.2) is 151 Å². The van der Waals surface area contributed by atoms with Gasteiger partial charge in [0.25, 0.3) is 0 Å². The van der Waals surface area contributed by atoms with Crippen LogP contribution in [0.1, 0.15) is 194 Å². The molecule has 9 rings (SSSR count). The summed E-state index contributed by atoms with van der Waals surface area (Å²) in [6, 6.07) is -3.81. The molecule has 18 nitrogen and oxygen atoms in total. The molecule has 0 saturated carbocycles. The van der Waals surface area contributed by atoms with Gasteiger partial charge in [-0.25, -0.2) is 0 Å². The number of nitrogens with two attached hydrogens (primary N) is 3. The molecule has 0 bridgehead atoms. The quantitative estimate of drug-likeness (QED) is 0.0666. The van der Waals surface area contributed by atoms with Crippen molar-refractivity contribution >= 4 is 17.9 Å². The van der Waals surface area contributed by atoms with Gasteiger partial charge >= 0.3 is 17.9 Å². The summed E-state index contributed by atoms with van der Waals surface area (Å²) in [5, 5.41) is 0. The van der Waals surface area contributed by atoms with Crippen LogP contribution in [0.15, 0.2) is 36.3 Å². The third-order valence-corrected chi connectivity index (χ3v) is 18.3. The van der Waals surface area contributed by atoms with Crippen molar-refractivity contribution in [1.29, 1.82) is 0 Å². The highest BCUT2D eigenvalue weighted by molar-refractivity contribution is 5.77. The van der Waals surface area contributed by atoms with Gasteiger partial charge in [-0.15, -0.1) is 0 Å². The summed E-state index contributed by atoms with van der Waals surface area (Å²) in [4.78, 5) is 45.1. The summed E-state index contributed by atoms with van der Waals surface area (Å²) >= 11 is 0. The molecule has 6 aliphatic heterocycles. The van der Waals surface area contributed by atoms with Gasteiger partial charge in [-0.05, 0) is 144 Å². The zero-order chi connectivity index (χ0) is 79.0. The number of hydrogen-bond donors (Lipinski definition) is 3. The minimum absolute atomic E-state index is 0.0766. The van der Waals surface area contributed by atoms with Crippen molar-refractivity contribution in [3.8, 4) is 34.5 Å². The Morgan fingerprint density at radius 2 is 0.689 bits per heavy atom. The standard InChI is InChI=1S/3C24H38N2O4/c3*1-14(2)9-17-13-26-8-7-16-10-21(28-5)22(29-6)11-18(16)19(26)12-20(17)30-24(27)23(25)15(3)4/h3*10-11,14-15,17,19-20,23H,7-9,12-13,25H2,1-6H3/t3*17?,19?,20?,23-/m000/s1/i2*5D3,10D,11D,20D;10D,11D,20D. The summed E-state index contributed by atoms with van der Waals surface area (Å²) in [6.07, 6.45) is -0.624. The molecule has 0 amide bonds. The van der Waals surface area contributed by atoms with Crippen molar-refractivity contribution in [3.63, 3.8) is 0 Å². The second-order valence-corrected chi connectivity index (χ2v) is 27.3. The van der Waals surface area contributed by atoms with Crippen molar-refractivity contribution in [2.45, 2.75) is 195 Å². The smallest absolute Gasteiger partial charge is 0.323 e. The SMILES string of the molecule is [2H]c1c2c(c([2H])c(OC)c1OC([2H])([2H])[2H])C1CC([2H])(OC(=O)[C@@H](N)C(C)C)C(CC(C)C)CN1CC2.[2H]c1c2c(c([2H])c(OC)c1OC([2H])([2H])[2H])C1CC([2H])(OC(=O)[C@@H](N)C(C)C)C(CC(C)C)CN1CC2.[2H]c1c2c(c([2H])c(OC)c1OC)C1CC([2H])(OC(=O)[C@@H](N)C(C)C)C(CC(C)C)CN1CC2. The lowest BCUT2D eigenvalue weighted by molar-refractivity contribution is -0.161. The molecule has 6 aliphatic rings. The third-order valence-electron chi connectivity index (χ3n) is 18.3. The highest BCUT2D eigenvalue weighted by atomic mass is 16.6. The predicted molar refractivity (Wildman–Crippen MR) is 353 cm³/mol. The van der Waals surface area contributed by atoms with Gasteiger partial charge in [-0.3, -0.25) is 29.1 Å². The van der Waals surface area contributed by atoms with Crippen LogP contribution in [0.25, 0.3) is 0 Å². The number of nitrogens with zero attached hydrogens (tertiary/aromatic N) is 3. The molecule has 504 valence electrons. The highest BCUT2D eigenvalue weighted by Gasteiger charge is 2.45. The number of benzene rings is 3. The minimum atomic E-state index is -2.81. The number of ether oxygens (including phenoxy) is 9. The van der Waals surface area contributed by atoms with Gasteiger partial charge in [0.1, 0.15) is 36.4 Å². The number of methoxy groups -OCH3 is 6. The third kappa shape index (κ3) is 17.5. The Morgan fingerprint density at radius 1 is 0.444 bits per heavy atom. The van der Waals surface area contributed by atoms with E-state index < -0.39 is 80.4 Å². The van der Waals surface area contributed by atoms with E-state index in [1.165, 1.54) is 28.4 Å². The molecule has 18 heteroatoms. The van der Waals surface area contributed by atoms with Crippen LogP contribution < -0.4 is 45.6 Å². The van der Waals surface area contributed by atoms with Crippen LogP contribution in [0.5, 0.6) is 34.5 Å². The summed E-state index contributed by atoms with van der Waals surface area (Å²) in [7, 11) is -0.0741. The number of hydrogen-bond acceptors (Lipinski definition) is 18. The van der Waals surface area contributed by atoms with Crippen molar-refractivity contribution in [2.75, 3.05) is 81.8 Å². The lowest BCUT2D eigenvalue weighted by Gasteiger charge is -2.47. The lowest BCUT2D eigenvalue weighted by Crippen LogP contribution is -2.51. The molecule has 3 aromatic carbocycles. The largest absolute Gasteiger partial charge is 0.493 e. The van der Waals surface area contributed by atoms with Crippen molar-refractivity contribution in [2.24, 2.45) is 70.5 Å². The lowest BCUT2D eigenvalue weighted by atomic mass is 9.79. The molecule has 0 spiro atoms. The van der Waals surface area contributed by atoms with Gasteiger partial charge in [0.15, 0.2) is 34.5 Å². The monoisotopic (exact) mass is 1270 g/mol. The van der Waals surface area contributed by atoms with Gasteiger partial charge in [0.05, 0.1) is 63.1 Å². The van der Waals surface area contributed by atoms with E-state index in [2.05, 4.69) is 56.2 Å². The molecule has 3 saturated heterocycles. The number of piperidine rings is 3. The second-order valence-electron chi connectivity index (χ2n) is 27.3. The van der Waals surface area contributed by atoms with Gasteiger partial charge in [-0.2, -0.15) is 0 Å². The van der Waals surface area contributed by atoms with Crippen LogP contribution in [0, 0.1) is 53.3 Å². The zero-order valence-electron chi connectivity index (χ0n) is 71.2. The number of carbonyl (C=O) groups excluding carboxylic acids is 3. The molecule has 90 heavy (non-hydrogen) atoms. The van der Waals surface area contributed by atoms with Crippen LogP contribution in [0.3, 0.4) is 0 Å². The number of fused-ring (bicyclic) bond motifs is 9. The molecular weight excluding hydrogens is 1140 g/mol. The normalized spacial score (nSPS) is 30.0. The number of rotatable bonds is 21. The Bertz CT molecular complexity index is 3430. The number of carbonyl (C=O) groups is 3. The average molecular weight is 1270 g/mol. The van der Waals surface area contributed by atoms with Crippen LogP contribution >= 0.6 is 0 Å². The fraction of sp³-hybridized carbons (Fsp3) is 0.708. The van der Waals surface area contributed by atoms with Crippen LogP contribution in [0.2, 0.25) is 0 Å². The summed E-state index contributed by atoms with van der Waals surface area (Å²) in [5.41, 5.74) is 21.5. The maximum absolute atomic E-state index is 12.9. The van der Waals surface area contributed by atoms with Crippen molar-refractivity contribution < 1.29 is 77.6 Å². The van der Waals surface area contributed by atoms with Gasteiger partial charge in [-0.1, -0.05) is 83.1 Å². The van der Waals surface area contributed by atoms with E-state index in [9.17, 15) is 18.5 Å². The Labute approximate surface area is 560 Å². The molecule has 3 aromatic rings. The summed E-state index contributed by atoms with van der Waals surface area (Å²) < 4.78 is 175. The van der Waals surface area contributed by atoms with Gasteiger partial charge in [0, 0.05) is 94.4 Å². The van der Waals surface area contributed by atoms with Crippen molar-refractivity contribution in [3.05, 3.63) is 69.6 Å². The van der Waals surface area contributed by atoms with Gasteiger partial charge in [0.2, 0.25) is 0 Å². The Morgan fingerprint density at radius 3 is 0.911 bits per heavy atom. The first kappa shape index (κ1) is 53.0. The van der Waals surface area contributed by atoms with E-state index in [0.717, 1.165) is 12.0 Å². The number of esters is 3. The molecule has 0 radical (unpaired) electrons. The van der Waals surface area contributed by atoms with E-state index >= 15 is 0 Å². The summed E-state index contributed by atoms with van der Waals surface area (Å²) in [5.74, 6) is -2.34. The topological polar surface area (TPSA) is 222 Å². The maximum Gasteiger partial charge on any atom is 0.323 e. The molecule has 6 N–H and O–H groups in total. The van der Waals surface area contributed by atoms with Crippen molar-refractivity contribution in [1.82, 2.24) is 14.7 Å². The fourth-order valence-corrected chi connectivity index (χ4v) is 13.2. The van der Waals surface area contributed by atoms with E-state index in [-0.39, 0.29) is 143 Å². The van der Waals surface area contributed by atoms with Crippen LogP contribution in [-0.2, 0) is 47.9 Å². The van der Waals surface area contributed by atoms with Crippen LogP contribution in [0.4, 0.5) is 0 Å². The van der Waals surface area contributed by atoms with E-state index in [1.807, 2.05) is 41.5 Å². The predicted octanol–water partition coefficient (Wildman–Crippen LogP) is 10.7. The Kier molecular flexibility index (Phi) is 19.1. The minimum Gasteiger partial charge on any atom is -0.493 e. The van der Waals surface area contributed by atoms with E-state index in [0.29, 0.717) is 105 Å².